The van der Waals surface area contributed by atoms with Crippen molar-refractivity contribution >= 4 is 22.7 Å². The number of aromatic nitrogens is 2. The average molecular weight is 496 g/mol. The molecule has 1 heterocycles. The highest BCUT2D eigenvalue weighted by atomic mass is 19.4. The van der Waals surface area contributed by atoms with Crippen molar-refractivity contribution in [2.75, 3.05) is 26.1 Å². The lowest BCUT2D eigenvalue weighted by Gasteiger charge is -2.19. The van der Waals surface area contributed by atoms with Crippen molar-refractivity contribution < 1.29 is 22.7 Å². The van der Waals surface area contributed by atoms with E-state index in [0.29, 0.717) is 29.6 Å². The van der Waals surface area contributed by atoms with E-state index in [9.17, 15) is 22.8 Å². The number of benzene rings is 3. The van der Waals surface area contributed by atoms with E-state index < -0.39 is 28.9 Å². The number of hydrogen-bond acceptors (Lipinski definition) is 4. The van der Waals surface area contributed by atoms with Gasteiger partial charge in [-0.2, -0.15) is 13.2 Å². The molecule has 0 spiro atoms. The second-order valence-electron chi connectivity index (χ2n) is 9.17. The zero-order valence-corrected chi connectivity index (χ0v) is 20.0. The quantitative estimate of drug-likeness (QED) is 0.357. The maximum atomic E-state index is 13.9. The SMILES string of the molecule is COC(=O)c1cccc(C2(n3c(=O)n(-c4ccc(N(C)C)cc4)c4cc(C(F)(F)F)ccc43)CC2)c1. The minimum Gasteiger partial charge on any atom is -0.465 e. The molecule has 0 atom stereocenters. The molecule has 1 fully saturated rings. The molecule has 36 heavy (non-hydrogen) atoms. The number of imidazole rings is 1. The third-order valence-corrected chi connectivity index (χ3v) is 6.76. The lowest BCUT2D eigenvalue weighted by atomic mass is 10.0. The highest BCUT2D eigenvalue weighted by Gasteiger charge is 2.49. The molecule has 1 aliphatic carbocycles. The average Bonchev–Trinajstić information content (AvgIpc) is 3.60. The predicted octanol–water partition coefficient (Wildman–Crippen LogP) is 5.20. The Balaban J connectivity index is 1.76. The molecule has 186 valence electrons. The highest BCUT2D eigenvalue weighted by Crippen LogP contribution is 2.50. The van der Waals surface area contributed by atoms with Gasteiger partial charge in [0.25, 0.3) is 0 Å². The van der Waals surface area contributed by atoms with Gasteiger partial charge in [0.15, 0.2) is 0 Å². The summed E-state index contributed by atoms with van der Waals surface area (Å²) in [6.07, 6.45) is -3.34. The Morgan fingerprint density at radius 1 is 0.972 bits per heavy atom. The monoisotopic (exact) mass is 495 g/mol. The van der Waals surface area contributed by atoms with E-state index in [1.54, 1.807) is 34.9 Å². The molecule has 4 aromatic rings. The number of halogens is 3. The summed E-state index contributed by atoms with van der Waals surface area (Å²) in [7, 11) is 5.05. The summed E-state index contributed by atoms with van der Waals surface area (Å²) in [5, 5.41) is 0. The van der Waals surface area contributed by atoms with Gasteiger partial charge in [0.2, 0.25) is 0 Å². The number of methoxy groups -OCH3 is 1. The smallest absolute Gasteiger partial charge is 0.416 e. The second kappa shape index (κ2) is 8.29. The van der Waals surface area contributed by atoms with Crippen LogP contribution < -0.4 is 10.6 Å². The van der Waals surface area contributed by atoms with Gasteiger partial charge in [-0.15, -0.1) is 0 Å². The summed E-state index contributed by atoms with van der Waals surface area (Å²) in [5.41, 5.74) is 0.955. The largest absolute Gasteiger partial charge is 0.465 e. The maximum absolute atomic E-state index is 13.9. The van der Waals surface area contributed by atoms with Crippen LogP contribution in [0.5, 0.6) is 0 Å². The van der Waals surface area contributed by atoms with E-state index in [1.165, 1.54) is 17.7 Å². The van der Waals surface area contributed by atoms with Crippen LogP contribution in [0.4, 0.5) is 18.9 Å². The van der Waals surface area contributed by atoms with Crippen molar-refractivity contribution in [2.45, 2.75) is 24.6 Å². The van der Waals surface area contributed by atoms with E-state index in [2.05, 4.69) is 0 Å². The Kier molecular flexibility index (Phi) is 5.46. The van der Waals surface area contributed by atoms with Gasteiger partial charge in [-0.25, -0.2) is 9.59 Å². The van der Waals surface area contributed by atoms with E-state index in [1.807, 2.05) is 37.2 Å². The van der Waals surface area contributed by atoms with Crippen LogP contribution in [0.15, 0.2) is 71.5 Å². The van der Waals surface area contributed by atoms with Crippen LogP contribution in [-0.4, -0.2) is 36.3 Å². The van der Waals surface area contributed by atoms with Crippen molar-refractivity contribution in [2.24, 2.45) is 0 Å². The standard InChI is InChI=1S/C27H24F3N3O3/c1-31(2)20-8-10-21(11-9-20)32-23-16-19(27(28,29)30)7-12-22(23)33(25(32)35)26(13-14-26)18-6-4-5-17(15-18)24(34)36-3/h4-12,15-16H,13-14H2,1-3H3. The van der Waals surface area contributed by atoms with Crippen molar-refractivity contribution in [3.63, 3.8) is 0 Å². The van der Waals surface area contributed by atoms with Gasteiger partial charge in [-0.05, 0) is 73.0 Å². The number of carbonyl (C=O) groups excluding carboxylic acids is 1. The number of hydrogen-bond donors (Lipinski definition) is 0. The summed E-state index contributed by atoms with van der Waals surface area (Å²) in [4.78, 5) is 28.0. The molecule has 1 aromatic heterocycles. The van der Waals surface area contributed by atoms with Crippen LogP contribution in [-0.2, 0) is 16.5 Å². The molecular weight excluding hydrogens is 471 g/mol. The molecule has 3 aromatic carbocycles. The normalized spacial score (nSPS) is 14.6. The van der Waals surface area contributed by atoms with Crippen LogP contribution in [0.1, 0.15) is 34.3 Å². The minimum atomic E-state index is -4.56. The molecule has 0 N–H and O–H groups in total. The predicted molar refractivity (Wildman–Crippen MR) is 131 cm³/mol. The molecule has 0 saturated heterocycles. The Labute approximate surface area is 205 Å². The van der Waals surface area contributed by atoms with Crippen molar-refractivity contribution in [3.05, 3.63) is 93.9 Å². The first-order chi connectivity index (χ1) is 17.1. The van der Waals surface area contributed by atoms with Gasteiger partial charge in [-0.3, -0.25) is 9.13 Å². The third-order valence-electron chi connectivity index (χ3n) is 6.76. The van der Waals surface area contributed by atoms with E-state index >= 15 is 0 Å². The molecule has 0 amide bonds. The lowest BCUT2D eigenvalue weighted by molar-refractivity contribution is -0.137. The summed E-state index contributed by atoms with van der Waals surface area (Å²) in [6, 6.07) is 17.3. The van der Waals surface area contributed by atoms with Crippen LogP contribution in [0, 0.1) is 0 Å². The van der Waals surface area contributed by atoms with Gasteiger partial charge in [0.1, 0.15) is 0 Å². The molecule has 0 bridgehead atoms. The van der Waals surface area contributed by atoms with Crippen molar-refractivity contribution in [3.8, 4) is 5.69 Å². The Morgan fingerprint density at radius 2 is 1.67 bits per heavy atom. The molecule has 1 aliphatic rings. The van der Waals surface area contributed by atoms with Gasteiger partial charge in [-0.1, -0.05) is 12.1 Å². The number of alkyl halides is 3. The first-order valence-electron chi connectivity index (χ1n) is 11.4. The first kappa shape index (κ1) is 23.7. The zero-order valence-electron chi connectivity index (χ0n) is 20.0. The summed E-state index contributed by atoms with van der Waals surface area (Å²) in [5.74, 6) is -0.502. The Hall–Kier alpha value is -4.01. The van der Waals surface area contributed by atoms with Gasteiger partial charge >= 0.3 is 17.8 Å². The lowest BCUT2D eigenvalue weighted by Crippen LogP contribution is -2.32. The molecule has 0 unspecified atom stereocenters. The fourth-order valence-electron chi connectivity index (χ4n) is 4.75. The molecule has 9 heteroatoms. The Bertz CT molecular complexity index is 1530. The molecule has 6 nitrogen and oxygen atoms in total. The van der Waals surface area contributed by atoms with Gasteiger partial charge in [0, 0.05) is 19.8 Å². The number of carbonyl (C=O) groups is 1. The van der Waals surface area contributed by atoms with E-state index in [0.717, 1.165) is 23.4 Å². The molecule has 1 saturated carbocycles. The minimum absolute atomic E-state index is 0.169. The first-order valence-corrected chi connectivity index (χ1v) is 11.4. The number of ether oxygens (including phenoxy) is 1. The third kappa shape index (κ3) is 3.75. The summed E-state index contributed by atoms with van der Waals surface area (Å²) in [6.45, 7) is 0. The molecule has 0 aliphatic heterocycles. The number of nitrogens with zero attached hydrogens (tertiary/aromatic N) is 3. The summed E-state index contributed by atoms with van der Waals surface area (Å²) < 4.78 is 48.6. The van der Waals surface area contributed by atoms with Crippen LogP contribution in [0.25, 0.3) is 16.7 Å². The van der Waals surface area contributed by atoms with Crippen LogP contribution in [0.2, 0.25) is 0 Å². The maximum Gasteiger partial charge on any atom is 0.416 e. The Morgan fingerprint density at radius 3 is 2.25 bits per heavy atom. The van der Waals surface area contributed by atoms with Crippen LogP contribution in [0.3, 0.4) is 0 Å². The fraction of sp³-hybridized carbons (Fsp3) is 0.259. The number of rotatable bonds is 5. The highest BCUT2D eigenvalue weighted by molar-refractivity contribution is 5.89. The van der Waals surface area contributed by atoms with Gasteiger partial charge < -0.3 is 9.64 Å². The molecule has 0 radical (unpaired) electrons. The number of anilines is 1. The molecule has 5 rings (SSSR count). The topological polar surface area (TPSA) is 56.5 Å². The fourth-order valence-corrected chi connectivity index (χ4v) is 4.75. The zero-order chi connectivity index (χ0) is 25.8. The summed E-state index contributed by atoms with van der Waals surface area (Å²) >= 11 is 0. The van der Waals surface area contributed by atoms with E-state index in [4.69, 9.17) is 4.74 Å². The molecular formula is C27H24F3N3O3. The van der Waals surface area contributed by atoms with Crippen molar-refractivity contribution in [1.82, 2.24) is 9.13 Å². The van der Waals surface area contributed by atoms with Crippen LogP contribution >= 0.6 is 0 Å². The number of fused-ring (bicyclic) bond motifs is 1. The van der Waals surface area contributed by atoms with E-state index in [-0.39, 0.29) is 5.52 Å². The van der Waals surface area contributed by atoms with Crippen molar-refractivity contribution in [1.29, 1.82) is 0 Å². The number of esters is 1. The second-order valence-corrected chi connectivity index (χ2v) is 9.17. The van der Waals surface area contributed by atoms with Gasteiger partial charge in [0.05, 0.1) is 40.5 Å².